The van der Waals surface area contributed by atoms with Crippen LogP contribution in [0.25, 0.3) is 0 Å². The topological polar surface area (TPSA) is 71.3 Å². The Balaban J connectivity index is 2.70. The molecule has 0 aromatic carbocycles. The first-order valence-corrected chi connectivity index (χ1v) is 4.76. The monoisotopic (exact) mass is 222 g/mol. The van der Waals surface area contributed by atoms with Crippen molar-refractivity contribution in [2.45, 2.75) is 6.54 Å². The van der Waals surface area contributed by atoms with Gasteiger partial charge in [-0.3, -0.25) is 15.1 Å². The molecule has 0 unspecified atom stereocenters. The third-order valence-electron chi connectivity index (χ3n) is 2.06. The normalized spacial score (nSPS) is 11.0. The summed E-state index contributed by atoms with van der Waals surface area (Å²) in [6, 6.07) is 3.74. The van der Waals surface area contributed by atoms with Gasteiger partial charge >= 0.3 is 0 Å². The molecule has 0 radical (unpaired) electrons. The lowest BCUT2D eigenvalue weighted by Crippen LogP contribution is -2.26. The maximum absolute atomic E-state index is 10.4. The summed E-state index contributed by atoms with van der Waals surface area (Å²) in [7, 11) is 3.44. The van der Waals surface area contributed by atoms with Crippen LogP contribution in [0.15, 0.2) is 36.5 Å². The summed E-state index contributed by atoms with van der Waals surface area (Å²) in [4.78, 5) is 15.6. The molecule has 0 aliphatic heterocycles. The van der Waals surface area contributed by atoms with Gasteiger partial charge in [0.05, 0.1) is 4.92 Å². The minimum Gasteiger partial charge on any atom is -0.370 e. The highest BCUT2D eigenvalue weighted by molar-refractivity contribution is 5.10. The molecular weight excluding hydrogens is 208 g/mol. The Hall–Kier alpha value is -2.11. The molecule has 1 heterocycles. The summed E-state index contributed by atoms with van der Waals surface area (Å²) < 4.78 is 0. The molecule has 0 spiro atoms. The fraction of sp³-hybridized carbons (Fsp3) is 0.300. The highest BCUT2D eigenvalue weighted by atomic mass is 16.6. The SMILES string of the molecule is CNC(=C[N+](=O)[O-])N(C)Cc1ccncc1. The first kappa shape index (κ1) is 12.0. The smallest absolute Gasteiger partial charge is 0.274 e. The molecule has 1 aromatic heterocycles. The number of aromatic nitrogens is 1. The van der Waals surface area contributed by atoms with Crippen LogP contribution in [0, 0.1) is 10.1 Å². The summed E-state index contributed by atoms with van der Waals surface area (Å²) in [6.45, 7) is 0.586. The molecule has 0 fully saturated rings. The third-order valence-corrected chi connectivity index (χ3v) is 2.06. The lowest BCUT2D eigenvalue weighted by molar-refractivity contribution is -0.404. The van der Waals surface area contributed by atoms with Gasteiger partial charge in [-0.05, 0) is 17.7 Å². The molecule has 1 aromatic rings. The van der Waals surface area contributed by atoms with E-state index in [1.165, 1.54) is 0 Å². The van der Waals surface area contributed by atoms with E-state index in [-0.39, 0.29) is 0 Å². The minimum absolute atomic E-state index is 0.460. The highest BCUT2D eigenvalue weighted by Crippen LogP contribution is 2.05. The van der Waals surface area contributed by atoms with Crippen LogP contribution in [-0.4, -0.2) is 28.9 Å². The zero-order chi connectivity index (χ0) is 12.0. The fourth-order valence-electron chi connectivity index (χ4n) is 1.30. The van der Waals surface area contributed by atoms with Crippen molar-refractivity contribution in [2.24, 2.45) is 0 Å². The van der Waals surface area contributed by atoms with Gasteiger partial charge in [-0.2, -0.15) is 0 Å². The fourth-order valence-corrected chi connectivity index (χ4v) is 1.30. The van der Waals surface area contributed by atoms with Crippen LogP contribution in [0.1, 0.15) is 5.56 Å². The van der Waals surface area contributed by atoms with E-state index in [4.69, 9.17) is 0 Å². The maximum atomic E-state index is 10.4. The predicted octanol–water partition coefficient (Wildman–Crippen LogP) is 0.808. The molecule has 0 atom stereocenters. The van der Waals surface area contributed by atoms with Gasteiger partial charge in [0, 0.05) is 33.0 Å². The molecule has 6 nitrogen and oxygen atoms in total. The molecular formula is C10H14N4O2. The van der Waals surface area contributed by atoms with Gasteiger partial charge in [0.2, 0.25) is 0 Å². The van der Waals surface area contributed by atoms with Gasteiger partial charge in [-0.15, -0.1) is 0 Å². The van der Waals surface area contributed by atoms with E-state index in [0.29, 0.717) is 12.4 Å². The van der Waals surface area contributed by atoms with Crippen molar-refractivity contribution in [2.75, 3.05) is 14.1 Å². The summed E-state index contributed by atoms with van der Waals surface area (Å²) in [5, 5.41) is 13.2. The Morgan fingerprint density at radius 3 is 2.75 bits per heavy atom. The molecule has 1 N–H and O–H groups in total. The first-order chi connectivity index (χ1) is 7.63. The largest absolute Gasteiger partial charge is 0.370 e. The summed E-state index contributed by atoms with van der Waals surface area (Å²) in [5.74, 6) is 0.460. The van der Waals surface area contributed by atoms with Crippen LogP contribution >= 0.6 is 0 Å². The first-order valence-electron chi connectivity index (χ1n) is 4.76. The van der Waals surface area contributed by atoms with E-state index in [1.54, 1.807) is 31.4 Å². The molecule has 6 heteroatoms. The third kappa shape index (κ3) is 3.56. The molecule has 86 valence electrons. The molecule has 0 saturated carbocycles. The highest BCUT2D eigenvalue weighted by Gasteiger charge is 2.07. The van der Waals surface area contributed by atoms with Gasteiger partial charge in [-0.25, -0.2) is 0 Å². The average molecular weight is 222 g/mol. The van der Waals surface area contributed by atoms with Crippen LogP contribution in [-0.2, 0) is 6.54 Å². The molecule has 16 heavy (non-hydrogen) atoms. The van der Waals surface area contributed by atoms with E-state index in [0.717, 1.165) is 11.8 Å². The number of pyridine rings is 1. The second-order valence-electron chi connectivity index (χ2n) is 3.26. The Morgan fingerprint density at radius 1 is 1.62 bits per heavy atom. The van der Waals surface area contributed by atoms with Gasteiger partial charge in [0.15, 0.2) is 5.82 Å². The molecule has 0 aliphatic rings. The lowest BCUT2D eigenvalue weighted by Gasteiger charge is -2.19. The number of hydrogen-bond donors (Lipinski definition) is 1. The summed E-state index contributed by atoms with van der Waals surface area (Å²) in [5.41, 5.74) is 1.04. The van der Waals surface area contributed by atoms with Crippen molar-refractivity contribution >= 4 is 0 Å². The molecule has 0 aliphatic carbocycles. The molecule has 0 amide bonds. The van der Waals surface area contributed by atoms with Gasteiger partial charge in [0.1, 0.15) is 0 Å². The van der Waals surface area contributed by atoms with E-state index >= 15 is 0 Å². The summed E-state index contributed by atoms with van der Waals surface area (Å²) >= 11 is 0. The lowest BCUT2D eigenvalue weighted by atomic mass is 10.2. The van der Waals surface area contributed by atoms with Crippen molar-refractivity contribution in [3.05, 3.63) is 52.2 Å². The Labute approximate surface area is 93.7 Å². The Morgan fingerprint density at radius 2 is 2.25 bits per heavy atom. The van der Waals surface area contributed by atoms with Crippen LogP contribution in [0.4, 0.5) is 0 Å². The van der Waals surface area contributed by atoms with Crippen molar-refractivity contribution in [1.29, 1.82) is 0 Å². The Bertz CT molecular complexity index is 378. The number of nitro groups is 1. The van der Waals surface area contributed by atoms with Crippen molar-refractivity contribution in [1.82, 2.24) is 15.2 Å². The molecule has 0 saturated heterocycles. The second kappa shape index (κ2) is 5.69. The van der Waals surface area contributed by atoms with Crippen LogP contribution in [0.5, 0.6) is 0 Å². The van der Waals surface area contributed by atoms with Crippen molar-refractivity contribution in [3.8, 4) is 0 Å². The quantitative estimate of drug-likeness (QED) is 0.589. The standard InChI is InChI=1S/C10H14N4O2/c1-11-10(8-14(15)16)13(2)7-9-3-5-12-6-4-9/h3-6,8,11H,7H2,1-2H3. The van der Waals surface area contributed by atoms with Gasteiger partial charge in [0.25, 0.3) is 6.20 Å². The number of nitrogens with zero attached hydrogens (tertiary/aromatic N) is 3. The summed E-state index contributed by atoms with van der Waals surface area (Å²) in [6.07, 6.45) is 4.33. The van der Waals surface area contributed by atoms with Gasteiger partial charge < -0.3 is 10.2 Å². The molecule has 0 bridgehead atoms. The van der Waals surface area contributed by atoms with E-state index in [9.17, 15) is 10.1 Å². The minimum atomic E-state index is -0.477. The zero-order valence-electron chi connectivity index (χ0n) is 9.25. The zero-order valence-corrected chi connectivity index (χ0v) is 9.25. The Kier molecular flexibility index (Phi) is 4.26. The number of hydrogen-bond acceptors (Lipinski definition) is 5. The van der Waals surface area contributed by atoms with Gasteiger partial charge in [-0.1, -0.05) is 0 Å². The van der Waals surface area contributed by atoms with Crippen LogP contribution in [0.2, 0.25) is 0 Å². The van der Waals surface area contributed by atoms with Crippen LogP contribution < -0.4 is 5.32 Å². The van der Waals surface area contributed by atoms with E-state index in [1.807, 2.05) is 12.1 Å². The molecule has 1 rings (SSSR count). The van der Waals surface area contributed by atoms with Crippen LogP contribution in [0.3, 0.4) is 0 Å². The average Bonchev–Trinajstić information content (AvgIpc) is 2.26. The van der Waals surface area contributed by atoms with Crippen molar-refractivity contribution in [3.63, 3.8) is 0 Å². The van der Waals surface area contributed by atoms with E-state index < -0.39 is 4.92 Å². The maximum Gasteiger partial charge on any atom is 0.274 e. The number of rotatable bonds is 5. The van der Waals surface area contributed by atoms with Crippen molar-refractivity contribution < 1.29 is 4.92 Å². The second-order valence-corrected chi connectivity index (χ2v) is 3.26. The predicted molar refractivity (Wildman–Crippen MR) is 59.8 cm³/mol. The number of nitrogens with one attached hydrogen (secondary N) is 1. The van der Waals surface area contributed by atoms with E-state index in [2.05, 4.69) is 10.3 Å².